The molecule has 0 spiro atoms. The van der Waals surface area contributed by atoms with Gasteiger partial charge >= 0.3 is 0 Å². The number of nitrogens with one attached hydrogen (secondary N) is 1. The van der Waals surface area contributed by atoms with E-state index in [0.717, 1.165) is 11.1 Å². The van der Waals surface area contributed by atoms with Crippen LogP contribution in [0.2, 0.25) is 0 Å². The standard InChI is InChI=1S/C22H28N2O4/c1-5-27-19-12-11-17(13-20(19)28-6-2)22(26)23-14-21(25)24(4)15-18-10-8-7-9-16(18)3/h7-13H,5-6,14-15H2,1-4H3,(H,23,26). The van der Waals surface area contributed by atoms with Crippen molar-refractivity contribution in [2.45, 2.75) is 27.3 Å². The van der Waals surface area contributed by atoms with Gasteiger partial charge in [-0.25, -0.2) is 0 Å². The zero-order valence-electron chi connectivity index (χ0n) is 17.0. The Kier molecular flexibility index (Phi) is 7.87. The molecule has 28 heavy (non-hydrogen) atoms. The number of likely N-dealkylation sites (N-methyl/N-ethyl adjacent to an activating group) is 1. The first kappa shape index (κ1) is 21.3. The van der Waals surface area contributed by atoms with Crippen LogP contribution in [0.4, 0.5) is 0 Å². The molecule has 0 aliphatic rings. The van der Waals surface area contributed by atoms with Crippen LogP contribution in [0.15, 0.2) is 42.5 Å². The van der Waals surface area contributed by atoms with E-state index in [2.05, 4.69) is 5.32 Å². The normalized spacial score (nSPS) is 10.3. The highest BCUT2D eigenvalue weighted by Gasteiger charge is 2.15. The summed E-state index contributed by atoms with van der Waals surface area (Å²) >= 11 is 0. The molecule has 0 saturated carbocycles. The largest absolute Gasteiger partial charge is 0.490 e. The Morgan fingerprint density at radius 2 is 1.68 bits per heavy atom. The highest BCUT2D eigenvalue weighted by atomic mass is 16.5. The smallest absolute Gasteiger partial charge is 0.251 e. The summed E-state index contributed by atoms with van der Waals surface area (Å²) in [6, 6.07) is 12.9. The van der Waals surface area contributed by atoms with Gasteiger partial charge in [0.05, 0.1) is 19.8 Å². The fourth-order valence-electron chi connectivity index (χ4n) is 2.72. The third-order valence-electron chi connectivity index (χ3n) is 4.30. The van der Waals surface area contributed by atoms with Gasteiger partial charge in [0.2, 0.25) is 5.91 Å². The third-order valence-corrected chi connectivity index (χ3v) is 4.30. The first-order chi connectivity index (χ1) is 13.5. The molecule has 6 heteroatoms. The van der Waals surface area contributed by atoms with Crippen LogP contribution in [0.5, 0.6) is 11.5 Å². The molecule has 2 amide bonds. The molecule has 2 aromatic rings. The zero-order valence-corrected chi connectivity index (χ0v) is 17.0. The second kappa shape index (κ2) is 10.3. The fraction of sp³-hybridized carbons (Fsp3) is 0.364. The highest BCUT2D eigenvalue weighted by molar-refractivity contribution is 5.97. The Morgan fingerprint density at radius 3 is 2.36 bits per heavy atom. The number of hydrogen-bond acceptors (Lipinski definition) is 4. The summed E-state index contributed by atoms with van der Waals surface area (Å²) in [6.07, 6.45) is 0. The lowest BCUT2D eigenvalue weighted by Crippen LogP contribution is -2.37. The van der Waals surface area contributed by atoms with Gasteiger partial charge in [0.15, 0.2) is 11.5 Å². The summed E-state index contributed by atoms with van der Waals surface area (Å²) in [4.78, 5) is 26.4. The number of carbonyl (C=O) groups excluding carboxylic acids is 2. The molecule has 0 bridgehead atoms. The van der Waals surface area contributed by atoms with E-state index in [1.807, 2.05) is 45.0 Å². The van der Waals surface area contributed by atoms with Gasteiger partial charge in [-0.15, -0.1) is 0 Å². The second-order valence-electron chi connectivity index (χ2n) is 6.39. The van der Waals surface area contributed by atoms with Gasteiger partial charge < -0.3 is 19.7 Å². The molecule has 0 aliphatic carbocycles. The van der Waals surface area contributed by atoms with Crippen LogP contribution in [-0.4, -0.2) is 43.5 Å². The topological polar surface area (TPSA) is 67.9 Å². The Bertz CT molecular complexity index is 820. The van der Waals surface area contributed by atoms with E-state index in [1.165, 1.54) is 0 Å². The van der Waals surface area contributed by atoms with Crippen LogP contribution in [0.1, 0.15) is 35.3 Å². The second-order valence-corrected chi connectivity index (χ2v) is 6.39. The van der Waals surface area contributed by atoms with Crippen molar-refractivity contribution in [3.8, 4) is 11.5 Å². The summed E-state index contributed by atoms with van der Waals surface area (Å²) in [5, 5.41) is 2.67. The Labute approximate surface area is 166 Å². The molecule has 6 nitrogen and oxygen atoms in total. The molecule has 0 atom stereocenters. The van der Waals surface area contributed by atoms with Crippen molar-refractivity contribution in [1.82, 2.24) is 10.2 Å². The summed E-state index contributed by atoms with van der Waals surface area (Å²) in [7, 11) is 1.73. The fourth-order valence-corrected chi connectivity index (χ4v) is 2.72. The summed E-state index contributed by atoms with van der Waals surface area (Å²) in [5.41, 5.74) is 2.63. The predicted molar refractivity (Wildman–Crippen MR) is 109 cm³/mol. The van der Waals surface area contributed by atoms with Crippen LogP contribution in [0.3, 0.4) is 0 Å². The summed E-state index contributed by atoms with van der Waals surface area (Å²) < 4.78 is 11.0. The van der Waals surface area contributed by atoms with E-state index in [4.69, 9.17) is 9.47 Å². The number of ether oxygens (including phenoxy) is 2. The minimum absolute atomic E-state index is 0.0710. The molecule has 2 rings (SSSR count). The van der Waals surface area contributed by atoms with E-state index in [0.29, 0.717) is 36.8 Å². The molecule has 0 heterocycles. The molecule has 0 radical (unpaired) electrons. The third kappa shape index (κ3) is 5.74. The lowest BCUT2D eigenvalue weighted by molar-refractivity contribution is -0.129. The van der Waals surface area contributed by atoms with E-state index in [9.17, 15) is 9.59 Å². The van der Waals surface area contributed by atoms with Crippen molar-refractivity contribution >= 4 is 11.8 Å². The van der Waals surface area contributed by atoms with Gasteiger partial charge in [-0.2, -0.15) is 0 Å². The number of rotatable bonds is 9. The Hall–Kier alpha value is -3.02. The minimum Gasteiger partial charge on any atom is -0.490 e. The lowest BCUT2D eigenvalue weighted by Gasteiger charge is -2.19. The van der Waals surface area contributed by atoms with Gasteiger partial charge in [0.1, 0.15) is 0 Å². The molecular weight excluding hydrogens is 356 g/mol. The van der Waals surface area contributed by atoms with Gasteiger partial charge in [-0.3, -0.25) is 9.59 Å². The van der Waals surface area contributed by atoms with Crippen molar-refractivity contribution in [1.29, 1.82) is 0 Å². The molecule has 2 aromatic carbocycles. The minimum atomic E-state index is -0.332. The van der Waals surface area contributed by atoms with Gasteiger partial charge in [0, 0.05) is 19.2 Å². The van der Waals surface area contributed by atoms with Crippen LogP contribution in [-0.2, 0) is 11.3 Å². The molecular formula is C22H28N2O4. The van der Waals surface area contributed by atoms with E-state index in [1.54, 1.807) is 30.1 Å². The van der Waals surface area contributed by atoms with Crippen LogP contribution >= 0.6 is 0 Å². The van der Waals surface area contributed by atoms with Crippen molar-refractivity contribution in [2.75, 3.05) is 26.8 Å². The van der Waals surface area contributed by atoms with Crippen LogP contribution in [0, 0.1) is 6.92 Å². The first-order valence-corrected chi connectivity index (χ1v) is 9.42. The number of aryl methyl sites for hydroxylation is 1. The summed E-state index contributed by atoms with van der Waals surface area (Å²) in [5.74, 6) is 0.615. The maximum atomic E-state index is 12.4. The number of amides is 2. The van der Waals surface area contributed by atoms with Crippen LogP contribution < -0.4 is 14.8 Å². The molecule has 1 N–H and O–H groups in total. The van der Waals surface area contributed by atoms with Crippen LogP contribution in [0.25, 0.3) is 0 Å². The first-order valence-electron chi connectivity index (χ1n) is 9.42. The molecule has 0 unspecified atom stereocenters. The molecule has 0 saturated heterocycles. The van der Waals surface area contributed by atoms with E-state index < -0.39 is 0 Å². The number of nitrogens with zero attached hydrogens (tertiary/aromatic N) is 1. The SMILES string of the molecule is CCOc1ccc(C(=O)NCC(=O)N(C)Cc2ccccc2C)cc1OCC. The van der Waals surface area contributed by atoms with E-state index >= 15 is 0 Å². The zero-order chi connectivity index (χ0) is 20.5. The summed E-state index contributed by atoms with van der Waals surface area (Å²) in [6.45, 7) is 7.16. The molecule has 0 aromatic heterocycles. The van der Waals surface area contributed by atoms with E-state index in [-0.39, 0.29) is 18.4 Å². The Morgan fingerprint density at radius 1 is 1.00 bits per heavy atom. The monoisotopic (exact) mass is 384 g/mol. The Balaban J connectivity index is 1.96. The lowest BCUT2D eigenvalue weighted by atomic mass is 10.1. The maximum absolute atomic E-state index is 12.4. The number of carbonyl (C=O) groups is 2. The molecule has 150 valence electrons. The van der Waals surface area contributed by atoms with Gasteiger partial charge in [-0.05, 0) is 50.1 Å². The average Bonchev–Trinajstić information content (AvgIpc) is 2.69. The molecule has 0 fully saturated rings. The van der Waals surface area contributed by atoms with Gasteiger partial charge in [0.25, 0.3) is 5.91 Å². The number of benzene rings is 2. The maximum Gasteiger partial charge on any atom is 0.251 e. The highest BCUT2D eigenvalue weighted by Crippen LogP contribution is 2.28. The van der Waals surface area contributed by atoms with Crippen molar-refractivity contribution < 1.29 is 19.1 Å². The van der Waals surface area contributed by atoms with Crippen molar-refractivity contribution in [2.24, 2.45) is 0 Å². The van der Waals surface area contributed by atoms with Crippen molar-refractivity contribution in [3.63, 3.8) is 0 Å². The average molecular weight is 384 g/mol. The molecule has 0 aliphatic heterocycles. The quantitative estimate of drug-likeness (QED) is 0.721. The van der Waals surface area contributed by atoms with Crippen molar-refractivity contribution in [3.05, 3.63) is 59.2 Å². The predicted octanol–water partition coefficient (Wildman–Crippen LogP) is 3.18. The number of hydrogen-bond donors (Lipinski definition) is 1. The van der Waals surface area contributed by atoms with Gasteiger partial charge in [-0.1, -0.05) is 24.3 Å².